The van der Waals surface area contributed by atoms with Gasteiger partial charge in [0.15, 0.2) is 0 Å². The number of sulfonamides is 1. The second-order valence-electron chi connectivity index (χ2n) is 5.56. The maximum atomic E-state index is 12.5. The maximum Gasteiger partial charge on any atom is 0.242 e. The molecular weight excluding hydrogens is 272 g/mol. The van der Waals surface area contributed by atoms with Gasteiger partial charge in [-0.1, -0.05) is 25.5 Å². The first kappa shape index (κ1) is 15.3. The highest BCUT2D eigenvalue weighted by Crippen LogP contribution is 2.43. The largest absolute Gasteiger partial charge is 0.384 e. The van der Waals surface area contributed by atoms with Crippen molar-refractivity contribution >= 4 is 15.7 Å². The first-order valence-corrected chi connectivity index (χ1v) is 8.84. The van der Waals surface area contributed by atoms with Gasteiger partial charge in [-0.25, -0.2) is 13.1 Å². The van der Waals surface area contributed by atoms with Crippen molar-refractivity contribution in [1.82, 2.24) is 4.72 Å². The van der Waals surface area contributed by atoms with E-state index in [0.29, 0.717) is 23.7 Å². The molecule has 0 bridgehead atoms. The molecule has 1 saturated carbocycles. The topological polar surface area (TPSA) is 58.2 Å². The average Bonchev–Trinajstić information content (AvgIpc) is 2.39. The number of para-hydroxylation sites is 1. The molecule has 0 aromatic heterocycles. The molecule has 4 nitrogen and oxygen atoms in total. The minimum Gasteiger partial charge on any atom is -0.384 e. The minimum absolute atomic E-state index is 0.181. The minimum atomic E-state index is -3.45. The molecule has 112 valence electrons. The van der Waals surface area contributed by atoms with E-state index >= 15 is 0 Å². The summed E-state index contributed by atoms with van der Waals surface area (Å²) in [7, 11) is -3.45. The predicted molar refractivity (Wildman–Crippen MR) is 82.4 cm³/mol. The Bertz CT molecular complexity index is 545. The summed E-state index contributed by atoms with van der Waals surface area (Å²) >= 11 is 0. The maximum absolute atomic E-state index is 12.5. The fourth-order valence-corrected chi connectivity index (χ4v) is 4.03. The van der Waals surface area contributed by atoms with E-state index in [2.05, 4.69) is 17.0 Å². The van der Waals surface area contributed by atoms with Crippen LogP contribution >= 0.6 is 0 Å². The van der Waals surface area contributed by atoms with Crippen LogP contribution in [0.4, 0.5) is 5.69 Å². The molecule has 0 heterocycles. The van der Waals surface area contributed by atoms with Crippen molar-refractivity contribution < 1.29 is 8.42 Å². The Morgan fingerprint density at radius 3 is 2.45 bits per heavy atom. The van der Waals surface area contributed by atoms with Crippen LogP contribution in [0.1, 0.15) is 39.5 Å². The average molecular weight is 296 g/mol. The van der Waals surface area contributed by atoms with Gasteiger partial charge < -0.3 is 5.32 Å². The van der Waals surface area contributed by atoms with Crippen LogP contribution in [-0.2, 0) is 10.0 Å². The van der Waals surface area contributed by atoms with Crippen molar-refractivity contribution in [3.8, 4) is 0 Å². The third-order valence-electron chi connectivity index (χ3n) is 4.35. The molecule has 0 atom stereocenters. The van der Waals surface area contributed by atoms with Crippen LogP contribution in [0.15, 0.2) is 29.2 Å². The van der Waals surface area contributed by atoms with Gasteiger partial charge in [-0.2, -0.15) is 0 Å². The van der Waals surface area contributed by atoms with Gasteiger partial charge in [-0.15, -0.1) is 0 Å². The molecule has 5 heteroatoms. The lowest BCUT2D eigenvalue weighted by atomic mass is 9.67. The molecule has 1 fully saturated rings. The molecule has 0 unspecified atom stereocenters. The van der Waals surface area contributed by atoms with Crippen LogP contribution in [0.2, 0.25) is 0 Å². The molecule has 1 aromatic rings. The highest BCUT2D eigenvalue weighted by atomic mass is 32.2. The summed E-state index contributed by atoms with van der Waals surface area (Å²) in [4.78, 5) is 0.340. The Hall–Kier alpha value is -1.07. The number of benzene rings is 1. The lowest BCUT2D eigenvalue weighted by molar-refractivity contribution is 0.133. The third kappa shape index (κ3) is 3.15. The standard InChI is InChI=1S/C15H24N2O2S/c1-3-15(10-7-11-15)12-17-20(18,19)14-9-6-5-8-13(14)16-4-2/h5-6,8-9,16-17H,3-4,7,10-12H2,1-2H3. The summed E-state index contributed by atoms with van der Waals surface area (Å²) in [5.41, 5.74) is 0.849. The van der Waals surface area contributed by atoms with E-state index in [1.807, 2.05) is 13.0 Å². The Morgan fingerprint density at radius 2 is 1.90 bits per heavy atom. The van der Waals surface area contributed by atoms with Crippen LogP contribution in [0.25, 0.3) is 0 Å². The first-order valence-electron chi connectivity index (χ1n) is 7.35. The molecule has 0 aliphatic heterocycles. The third-order valence-corrected chi connectivity index (χ3v) is 5.80. The lowest BCUT2D eigenvalue weighted by Crippen LogP contribution is -2.41. The number of nitrogens with one attached hydrogen (secondary N) is 2. The first-order chi connectivity index (χ1) is 9.53. The van der Waals surface area contributed by atoms with Gasteiger partial charge >= 0.3 is 0 Å². The van der Waals surface area contributed by atoms with Gasteiger partial charge in [0.25, 0.3) is 0 Å². The Labute approximate surface area is 122 Å². The van der Waals surface area contributed by atoms with E-state index in [4.69, 9.17) is 0 Å². The molecular formula is C15H24N2O2S. The Morgan fingerprint density at radius 1 is 1.20 bits per heavy atom. The number of hydrogen-bond acceptors (Lipinski definition) is 3. The van der Waals surface area contributed by atoms with Crippen molar-refractivity contribution in [1.29, 1.82) is 0 Å². The van der Waals surface area contributed by atoms with E-state index in [-0.39, 0.29) is 5.41 Å². The normalized spacial score (nSPS) is 17.5. The molecule has 0 saturated heterocycles. The van der Waals surface area contributed by atoms with Gasteiger partial charge in [-0.05, 0) is 43.7 Å². The van der Waals surface area contributed by atoms with Crippen molar-refractivity contribution in [3.05, 3.63) is 24.3 Å². The Kier molecular flexibility index (Phi) is 4.70. The molecule has 1 aromatic carbocycles. The molecule has 2 N–H and O–H groups in total. The molecule has 1 aliphatic rings. The SMILES string of the molecule is CCNc1ccccc1S(=O)(=O)NCC1(CC)CCC1. The summed E-state index contributed by atoms with van der Waals surface area (Å²) < 4.78 is 27.8. The van der Waals surface area contributed by atoms with E-state index in [1.165, 1.54) is 6.42 Å². The molecule has 1 aliphatic carbocycles. The van der Waals surface area contributed by atoms with Gasteiger partial charge in [0.2, 0.25) is 10.0 Å². The zero-order valence-corrected chi connectivity index (χ0v) is 13.1. The van der Waals surface area contributed by atoms with E-state index in [0.717, 1.165) is 19.3 Å². The molecule has 0 amide bonds. The highest BCUT2D eigenvalue weighted by Gasteiger charge is 2.36. The number of anilines is 1. The van der Waals surface area contributed by atoms with Crippen LogP contribution in [0, 0.1) is 5.41 Å². The van der Waals surface area contributed by atoms with Crippen LogP contribution < -0.4 is 10.0 Å². The summed E-state index contributed by atoms with van der Waals surface area (Å²) in [5.74, 6) is 0. The smallest absolute Gasteiger partial charge is 0.242 e. The van der Waals surface area contributed by atoms with Gasteiger partial charge in [-0.3, -0.25) is 0 Å². The van der Waals surface area contributed by atoms with Gasteiger partial charge in [0, 0.05) is 13.1 Å². The van der Waals surface area contributed by atoms with E-state index in [9.17, 15) is 8.42 Å². The van der Waals surface area contributed by atoms with Crippen molar-refractivity contribution in [2.45, 2.75) is 44.4 Å². The van der Waals surface area contributed by atoms with Crippen molar-refractivity contribution in [3.63, 3.8) is 0 Å². The second-order valence-corrected chi connectivity index (χ2v) is 7.29. The Balaban J connectivity index is 2.14. The quantitative estimate of drug-likeness (QED) is 0.813. The summed E-state index contributed by atoms with van der Waals surface area (Å²) in [5, 5.41) is 3.10. The second kappa shape index (κ2) is 6.14. The van der Waals surface area contributed by atoms with E-state index in [1.54, 1.807) is 18.2 Å². The zero-order valence-electron chi connectivity index (χ0n) is 12.3. The zero-order chi connectivity index (χ0) is 14.6. The lowest BCUT2D eigenvalue weighted by Gasteiger charge is -2.41. The fourth-order valence-electron chi connectivity index (χ4n) is 2.70. The monoisotopic (exact) mass is 296 g/mol. The van der Waals surface area contributed by atoms with Crippen molar-refractivity contribution in [2.75, 3.05) is 18.4 Å². The van der Waals surface area contributed by atoms with Crippen LogP contribution in [0.3, 0.4) is 0 Å². The predicted octanol–water partition coefficient (Wildman–Crippen LogP) is 2.98. The van der Waals surface area contributed by atoms with Crippen molar-refractivity contribution in [2.24, 2.45) is 5.41 Å². The molecule has 2 rings (SSSR count). The van der Waals surface area contributed by atoms with Crippen LogP contribution in [0.5, 0.6) is 0 Å². The van der Waals surface area contributed by atoms with Crippen LogP contribution in [-0.4, -0.2) is 21.5 Å². The number of rotatable bonds is 7. The highest BCUT2D eigenvalue weighted by molar-refractivity contribution is 7.89. The fraction of sp³-hybridized carbons (Fsp3) is 0.600. The molecule has 0 radical (unpaired) electrons. The summed E-state index contributed by atoms with van der Waals surface area (Å²) in [6.07, 6.45) is 4.50. The molecule has 20 heavy (non-hydrogen) atoms. The summed E-state index contributed by atoms with van der Waals surface area (Å²) in [6, 6.07) is 7.06. The number of hydrogen-bond donors (Lipinski definition) is 2. The van der Waals surface area contributed by atoms with E-state index < -0.39 is 10.0 Å². The molecule has 0 spiro atoms. The van der Waals surface area contributed by atoms with Gasteiger partial charge in [0.1, 0.15) is 4.90 Å². The van der Waals surface area contributed by atoms with Gasteiger partial charge in [0.05, 0.1) is 5.69 Å². The summed E-state index contributed by atoms with van der Waals surface area (Å²) in [6.45, 7) is 5.34.